The molecule has 7 heteroatoms. The lowest BCUT2D eigenvalue weighted by Gasteiger charge is -2.18. The first-order valence-electron chi connectivity index (χ1n) is 10.7. The van der Waals surface area contributed by atoms with E-state index in [-0.39, 0.29) is 17.7 Å². The Morgan fingerprint density at radius 3 is 2.32 bits per heavy atom. The van der Waals surface area contributed by atoms with Gasteiger partial charge in [0.1, 0.15) is 5.82 Å². The Morgan fingerprint density at radius 1 is 0.941 bits per heavy atom. The average Bonchev–Trinajstić information content (AvgIpc) is 3.34. The van der Waals surface area contributed by atoms with Crippen LogP contribution in [-0.2, 0) is 7.05 Å². The predicted molar refractivity (Wildman–Crippen MR) is 136 cm³/mol. The number of hydrogen-bond donors (Lipinski definition) is 1. The number of nitrogens with zero attached hydrogens (tertiary/aromatic N) is 3. The Kier molecular flexibility index (Phi) is 5.68. The lowest BCUT2D eigenvalue weighted by molar-refractivity contribution is 0.0941. The van der Waals surface area contributed by atoms with E-state index in [4.69, 9.17) is 23.2 Å². The van der Waals surface area contributed by atoms with Crippen LogP contribution in [0.25, 0.3) is 22.0 Å². The number of aryl methyl sites for hydroxylation is 1. The Balaban J connectivity index is 1.77. The van der Waals surface area contributed by atoms with Gasteiger partial charge in [-0.25, -0.2) is 0 Å². The second kappa shape index (κ2) is 8.67. The Hall–Kier alpha value is -3.54. The lowest BCUT2D eigenvalue weighted by Crippen LogP contribution is -2.10. The molecule has 1 N–H and O–H groups in total. The quantitative estimate of drug-likeness (QED) is 0.298. The van der Waals surface area contributed by atoms with Gasteiger partial charge >= 0.3 is 0 Å². The summed E-state index contributed by atoms with van der Waals surface area (Å²) in [7, 11) is 1.85. The molecule has 2 heterocycles. The highest BCUT2D eigenvalue weighted by Gasteiger charge is 2.24. The zero-order valence-electron chi connectivity index (χ0n) is 18.5. The third kappa shape index (κ3) is 3.98. The van der Waals surface area contributed by atoms with Crippen LogP contribution in [0.1, 0.15) is 34.6 Å². The Bertz CT molecular complexity index is 1530. The molecule has 0 bridgehead atoms. The van der Waals surface area contributed by atoms with Crippen LogP contribution in [0.15, 0.2) is 79.1 Å². The largest absolute Gasteiger partial charge is 0.492 e. The number of imidazole rings is 1. The summed E-state index contributed by atoms with van der Waals surface area (Å²) in [4.78, 5) is 16.8. The first kappa shape index (κ1) is 22.3. The van der Waals surface area contributed by atoms with Crippen LogP contribution in [0.3, 0.4) is 0 Å². The number of fused-ring (bicyclic) bond motifs is 1. The summed E-state index contributed by atoms with van der Waals surface area (Å²) in [5.74, 6) is 0.309. The van der Waals surface area contributed by atoms with E-state index < -0.39 is 0 Å². The van der Waals surface area contributed by atoms with Gasteiger partial charge in [-0.15, -0.1) is 0 Å². The predicted octanol–water partition coefficient (Wildman–Crippen LogP) is 6.89. The minimum absolute atomic E-state index is 0.0418. The fourth-order valence-corrected chi connectivity index (χ4v) is 4.77. The van der Waals surface area contributed by atoms with Crippen molar-refractivity contribution < 1.29 is 9.90 Å². The third-order valence-electron chi connectivity index (χ3n) is 6.00. The number of carbonyl (C=O) groups is 1. The van der Waals surface area contributed by atoms with Crippen molar-refractivity contribution in [2.24, 2.45) is 7.05 Å². The van der Waals surface area contributed by atoms with Crippen LogP contribution in [0.2, 0.25) is 10.0 Å². The molecular weight excluding hydrogens is 469 g/mol. The van der Waals surface area contributed by atoms with E-state index in [0.717, 1.165) is 33.2 Å². The van der Waals surface area contributed by atoms with E-state index in [9.17, 15) is 9.90 Å². The SMILES string of the molecule is CC(=O)n1cc(-c2cccc(Cl)c2)c2cc(C(c3ccc(Cl)cc3)c3nc(O)cn3C)ccc21. The highest BCUT2D eigenvalue weighted by Crippen LogP contribution is 2.38. The van der Waals surface area contributed by atoms with Crippen molar-refractivity contribution >= 4 is 40.0 Å². The van der Waals surface area contributed by atoms with E-state index in [0.29, 0.717) is 15.9 Å². The molecule has 5 aromatic rings. The fourth-order valence-electron chi connectivity index (χ4n) is 4.45. The maximum atomic E-state index is 12.4. The standard InChI is InChI=1S/C27H21Cl2N3O2/c1-16(33)32-14-23(18-4-3-5-21(29)12-18)22-13-19(8-11-24(22)32)26(17-6-9-20(28)10-7-17)27-30-25(34)15-31(27)2/h3-15,26,34H,1-2H3. The van der Waals surface area contributed by atoms with Gasteiger partial charge in [0, 0.05) is 41.2 Å². The average molecular weight is 490 g/mol. The summed E-state index contributed by atoms with van der Waals surface area (Å²) in [6, 6.07) is 21.2. The number of rotatable bonds is 4. The van der Waals surface area contributed by atoms with E-state index in [1.807, 2.05) is 78.5 Å². The third-order valence-corrected chi connectivity index (χ3v) is 6.48. The van der Waals surface area contributed by atoms with E-state index in [1.165, 1.54) is 0 Å². The van der Waals surface area contributed by atoms with E-state index >= 15 is 0 Å². The molecular formula is C27H21Cl2N3O2. The molecule has 0 amide bonds. The molecule has 170 valence electrons. The van der Waals surface area contributed by atoms with Crippen LogP contribution in [0.4, 0.5) is 0 Å². The van der Waals surface area contributed by atoms with Gasteiger partial charge in [0.15, 0.2) is 0 Å². The molecule has 0 saturated heterocycles. The van der Waals surface area contributed by atoms with Crippen molar-refractivity contribution in [1.29, 1.82) is 0 Å². The summed E-state index contributed by atoms with van der Waals surface area (Å²) in [5, 5.41) is 12.3. The minimum atomic E-state index is -0.263. The van der Waals surface area contributed by atoms with Crippen molar-refractivity contribution in [3.63, 3.8) is 0 Å². The van der Waals surface area contributed by atoms with Crippen LogP contribution in [0, 0.1) is 0 Å². The van der Waals surface area contributed by atoms with Crippen LogP contribution < -0.4 is 0 Å². The summed E-state index contributed by atoms with van der Waals surface area (Å²) in [6.45, 7) is 1.54. The van der Waals surface area contributed by atoms with E-state index in [2.05, 4.69) is 11.1 Å². The second-order valence-corrected chi connectivity index (χ2v) is 9.14. The molecule has 0 aliphatic carbocycles. The molecule has 0 saturated carbocycles. The molecule has 34 heavy (non-hydrogen) atoms. The van der Waals surface area contributed by atoms with Crippen molar-refractivity contribution in [3.8, 4) is 17.0 Å². The van der Waals surface area contributed by atoms with Gasteiger partial charge in [-0.1, -0.05) is 53.5 Å². The van der Waals surface area contributed by atoms with Gasteiger partial charge in [0.25, 0.3) is 0 Å². The smallest absolute Gasteiger partial charge is 0.229 e. The van der Waals surface area contributed by atoms with Gasteiger partial charge in [0.2, 0.25) is 11.8 Å². The molecule has 0 spiro atoms. The molecule has 1 unspecified atom stereocenters. The summed E-state index contributed by atoms with van der Waals surface area (Å²) in [5.41, 5.74) is 4.59. The van der Waals surface area contributed by atoms with Crippen LogP contribution in [0.5, 0.6) is 5.88 Å². The maximum Gasteiger partial charge on any atom is 0.229 e. The molecule has 3 aromatic carbocycles. The zero-order chi connectivity index (χ0) is 24.0. The highest BCUT2D eigenvalue weighted by molar-refractivity contribution is 6.31. The summed E-state index contributed by atoms with van der Waals surface area (Å²) >= 11 is 12.4. The molecule has 0 fully saturated rings. The molecule has 0 aliphatic heterocycles. The van der Waals surface area contributed by atoms with Gasteiger partial charge in [-0.3, -0.25) is 9.36 Å². The van der Waals surface area contributed by atoms with Crippen LogP contribution in [-0.4, -0.2) is 25.1 Å². The number of hydrogen-bond acceptors (Lipinski definition) is 3. The first-order chi connectivity index (χ1) is 16.3. The Morgan fingerprint density at radius 2 is 1.68 bits per heavy atom. The molecule has 0 radical (unpaired) electrons. The minimum Gasteiger partial charge on any atom is -0.492 e. The number of halogens is 2. The van der Waals surface area contributed by atoms with Crippen molar-refractivity contribution in [2.45, 2.75) is 12.8 Å². The van der Waals surface area contributed by atoms with E-state index in [1.54, 1.807) is 17.7 Å². The monoisotopic (exact) mass is 489 g/mol. The van der Waals surface area contributed by atoms with Crippen molar-refractivity contribution in [1.82, 2.24) is 14.1 Å². The number of carbonyl (C=O) groups excluding carboxylic acids is 1. The molecule has 2 aromatic heterocycles. The van der Waals surface area contributed by atoms with Crippen molar-refractivity contribution in [2.75, 3.05) is 0 Å². The number of aromatic nitrogens is 3. The molecule has 1 atom stereocenters. The van der Waals surface area contributed by atoms with Gasteiger partial charge < -0.3 is 9.67 Å². The fraction of sp³-hybridized carbons (Fsp3) is 0.111. The molecule has 0 aliphatic rings. The van der Waals surface area contributed by atoms with Gasteiger partial charge in [0.05, 0.1) is 17.6 Å². The van der Waals surface area contributed by atoms with Crippen LogP contribution >= 0.6 is 23.2 Å². The highest BCUT2D eigenvalue weighted by atomic mass is 35.5. The number of aromatic hydroxyl groups is 1. The summed E-state index contributed by atoms with van der Waals surface area (Å²) < 4.78 is 3.47. The maximum absolute atomic E-state index is 12.4. The summed E-state index contributed by atoms with van der Waals surface area (Å²) in [6.07, 6.45) is 3.44. The topological polar surface area (TPSA) is 60.1 Å². The van der Waals surface area contributed by atoms with Crippen molar-refractivity contribution in [3.05, 3.63) is 106 Å². The van der Waals surface area contributed by atoms with Gasteiger partial charge in [-0.2, -0.15) is 4.98 Å². The van der Waals surface area contributed by atoms with Gasteiger partial charge in [-0.05, 0) is 53.1 Å². The zero-order valence-corrected chi connectivity index (χ0v) is 20.0. The molecule has 5 rings (SSSR count). The second-order valence-electron chi connectivity index (χ2n) is 8.27. The lowest BCUT2D eigenvalue weighted by atomic mass is 9.89. The Labute approximate surface area is 206 Å². The normalized spacial score (nSPS) is 12.2. The molecule has 5 nitrogen and oxygen atoms in total. The number of benzene rings is 3. The first-order valence-corrected chi connectivity index (χ1v) is 11.5.